The SMILES string of the molecule is COCC(C#N)(COC(C)=O)C(=O)OC. The monoisotopic (exact) mass is 215 g/mol. The largest absolute Gasteiger partial charge is 0.468 e. The van der Waals surface area contributed by atoms with E-state index < -0.39 is 17.4 Å². The second-order valence-corrected chi connectivity index (χ2v) is 2.90. The normalized spacial score (nSPS) is 13.5. The molecule has 0 spiro atoms. The van der Waals surface area contributed by atoms with Gasteiger partial charge in [0.2, 0.25) is 5.41 Å². The first-order chi connectivity index (χ1) is 7.02. The Morgan fingerprint density at radius 3 is 2.27 bits per heavy atom. The smallest absolute Gasteiger partial charge is 0.332 e. The molecule has 0 heterocycles. The van der Waals surface area contributed by atoms with Crippen molar-refractivity contribution in [3.8, 4) is 6.07 Å². The maximum atomic E-state index is 11.4. The molecule has 0 bridgehead atoms. The van der Waals surface area contributed by atoms with E-state index in [1.54, 1.807) is 6.07 Å². The highest BCUT2D eigenvalue weighted by Gasteiger charge is 2.42. The van der Waals surface area contributed by atoms with Crippen LogP contribution >= 0.6 is 0 Å². The minimum Gasteiger partial charge on any atom is -0.468 e. The number of carbonyl (C=O) groups is 2. The molecule has 0 saturated heterocycles. The van der Waals surface area contributed by atoms with Crippen molar-refractivity contribution in [2.45, 2.75) is 6.92 Å². The van der Waals surface area contributed by atoms with Gasteiger partial charge in [0.15, 0.2) is 0 Å². The van der Waals surface area contributed by atoms with Crippen LogP contribution in [-0.2, 0) is 23.8 Å². The molecule has 6 nitrogen and oxygen atoms in total. The minimum absolute atomic E-state index is 0.191. The van der Waals surface area contributed by atoms with Crippen molar-refractivity contribution in [3.05, 3.63) is 0 Å². The molecule has 84 valence electrons. The van der Waals surface area contributed by atoms with Crippen LogP contribution in [0.15, 0.2) is 0 Å². The van der Waals surface area contributed by atoms with Gasteiger partial charge in [-0.1, -0.05) is 0 Å². The lowest BCUT2D eigenvalue weighted by atomic mass is 9.92. The molecule has 15 heavy (non-hydrogen) atoms. The van der Waals surface area contributed by atoms with Gasteiger partial charge >= 0.3 is 11.9 Å². The number of carbonyl (C=O) groups excluding carboxylic acids is 2. The summed E-state index contributed by atoms with van der Waals surface area (Å²) < 4.78 is 13.8. The zero-order valence-corrected chi connectivity index (χ0v) is 8.90. The van der Waals surface area contributed by atoms with E-state index in [0.717, 1.165) is 7.11 Å². The first-order valence-corrected chi connectivity index (χ1v) is 4.14. The van der Waals surface area contributed by atoms with Gasteiger partial charge in [-0.05, 0) is 0 Å². The second-order valence-electron chi connectivity index (χ2n) is 2.90. The molecule has 0 amide bonds. The van der Waals surface area contributed by atoms with Crippen LogP contribution in [0.25, 0.3) is 0 Å². The summed E-state index contributed by atoms with van der Waals surface area (Å²) >= 11 is 0. The molecule has 0 aromatic rings. The summed E-state index contributed by atoms with van der Waals surface area (Å²) in [5.74, 6) is -1.36. The predicted molar refractivity (Wildman–Crippen MR) is 48.6 cm³/mol. The molecule has 0 N–H and O–H groups in total. The minimum atomic E-state index is -1.59. The van der Waals surface area contributed by atoms with Gasteiger partial charge in [0.1, 0.15) is 6.61 Å². The van der Waals surface area contributed by atoms with E-state index in [-0.39, 0.29) is 13.2 Å². The van der Waals surface area contributed by atoms with Crippen molar-refractivity contribution in [1.29, 1.82) is 5.26 Å². The van der Waals surface area contributed by atoms with Crippen LogP contribution in [0.4, 0.5) is 0 Å². The number of hydrogen-bond donors (Lipinski definition) is 0. The molecule has 0 radical (unpaired) electrons. The van der Waals surface area contributed by atoms with E-state index in [1.165, 1.54) is 14.0 Å². The van der Waals surface area contributed by atoms with Gasteiger partial charge in [-0.3, -0.25) is 9.59 Å². The molecule has 0 saturated carbocycles. The van der Waals surface area contributed by atoms with Crippen LogP contribution in [0.5, 0.6) is 0 Å². The van der Waals surface area contributed by atoms with Crippen LogP contribution in [0.3, 0.4) is 0 Å². The molecule has 0 rings (SSSR count). The number of methoxy groups -OCH3 is 2. The molecule has 0 aromatic carbocycles. The zero-order chi connectivity index (χ0) is 11.9. The number of nitrogens with zero attached hydrogens (tertiary/aromatic N) is 1. The molecule has 0 fully saturated rings. The number of esters is 2. The van der Waals surface area contributed by atoms with Crippen molar-refractivity contribution in [3.63, 3.8) is 0 Å². The van der Waals surface area contributed by atoms with Crippen molar-refractivity contribution in [2.75, 3.05) is 27.4 Å². The summed E-state index contributed by atoms with van der Waals surface area (Å²) in [5, 5.41) is 8.90. The van der Waals surface area contributed by atoms with Gasteiger partial charge in [0.05, 0.1) is 19.8 Å². The van der Waals surface area contributed by atoms with E-state index in [9.17, 15) is 9.59 Å². The average molecular weight is 215 g/mol. The van der Waals surface area contributed by atoms with Crippen LogP contribution in [0.2, 0.25) is 0 Å². The quantitative estimate of drug-likeness (QED) is 0.594. The van der Waals surface area contributed by atoms with Gasteiger partial charge in [0, 0.05) is 14.0 Å². The number of ether oxygens (including phenoxy) is 3. The molecule has 0 aliphatic heterocycles. The van der Waals surface area contributed by atoms with E-state index in [2.05, 4.69) is 9.47 Å². The molecule has 0 aliphatic carbocycles. The Kier molecular flexibility index (Phi) is 5.34. The fraction of sp³-hybridized carbons (Fsp3) is 0.667. The first kappa shape index (κ1) is 13.4. The summed E-state index contributed by atoms with van der Waals surface area (Å²) in [4.78, 5) is 21.9. The van der Waals surface area contributed by atoms with E-state index in [4.69, 9.17) is 10.00 Å². The topological polar surface area (TPSA) is 85.6 Å². The highest BCUT2D eigenvalue weighted by Crippen LogP contribution is 2.19. The van der Waals surface area contributed by atoms with Crippen molar-refractivity contribution >= 4 is 11.9 Å². The summed E-state index contributed by atoms with van der Waals surface area (Å²) in [6, 6.07) is 1.75. The Morgan fingerprint density at radius 1 is 1.33 bits per heavy atom. The van der Waals surface area contributed by atoms with Crippen LogP contribution < -0.4 is 0 Å². The van der Waals surface area contributed by atoms with Gasteiger partial charge in [-0.25, -0.2) is 0 Å². The Bertz CT molecular complexity index is 283. The molecule has 1 unspecified atom stereocenters. The van der Waals surface area contributed by atoms with Crippen LogP contribution in [0, 0.1) is 16.7 Å². The van der Waals surface area contributed by atoms with Gasteiger partial charge in [-0.2, -0.15) is 5.26 Å². The fourth-order valence-corrected chi connectivity index (χ4v) is 0.936. The predicted octanol–water partition coefficient (Wildman–Crippen LogP) is -0.121. The lowest BCUT2D eigenvalue weighted by Crippen LogP contribution is -2.40. The van der Waals surface area contributed by atoms with Gasteiger partial charge in [-0.15, -0.1) is 0 Å². The van der Waals surface area contributed by atoms with E-state index in [0.29, 0.717) is 0 Å². The van der Waals surface area contributed by atoms with Crippen LogP contribution in [-0.4, -0.2) is 39.4 Å². The maximum absolute atomic E-state index is 11.4. The number of nitriles is 1. The van der Waals surface area contributed by atoms with Crippen molar-refractivity contribution in [2.24, 2.45) is 5.41 Å². The Balaban J connectivity index is 4.74. The van der Waals surface area contributed by atoms with Crippen molar-refractivity contribution in [1.82, 2.24) is 0 Å². The first-order valence-electron chi connectivity index (χ1n) is 4.14. The summed E-state index contributed by atoms with van der Waals surface area (Å²) in [5.41, 5.74) is -1.59. The number of rotatable bonds is 5. The lowest BCUT2D eigenvalue weighted by molar-refractivity contribution is -0.159. The van der Waals surface area contributed by atoms with Crippen LogP contribution in [0.1, 0.15) is 6.92 Å². The van der Waals surface area contributed by atoms with E-state index >= 15 is 0 Å². The highest BCUT2D eigenvalue weighted by atomic mass is 16.6. The molecule has 1 atom stereocenters. The standard InChI is InChI=1S/C9H13NO5/c1-7(11)15-6-9(4-10,5-13-2)8(12)14-3/h5-6H2,1-3H3. The molecule has 0 aliphatic rings. The summed E-state index contributed by atoms with van der Waals surface area (Å²) in [7, 11) is 2.49. The highest BCUT2D eigenvalue weighted by molar-refractivity contribution is 5.80. The third-order valence-electron chi connectivity index (χ3n) is 1.70. The molecular weight excluding hydrogens is 202 g/mol. The Labute approximate surface area is 87.7 Å². The summed E-state index contributed by atoms with van der Waals surface area (Å²) in [6.45, 7) is 0.620. The van der Waals surface area contributed by atoms with Crippen molar-refractivity contribution < 1.29 is 23.8 Å². The third-order valence-corrected chi connectivity index (χ3v) is 1.70. The number of hydrogen-bond acceptors (Lipinski definition) is 6. The maximum Gasteiger partial charge on any atom is 0.332 e. The van der Waals surface area contributed by atoms with Gasteiger partial charge in [0.25, 0.3) is 0 Å². The molecule has 6 heteroatoms. The Hall–Kier alpha value is -1.61. The third kappa shape index (κ3) is 3.56. The van der Waals surface area contributed by atoms with Gasteiger partial charge < -0.3 is 14.2 Å². The molecule has 0 aromatic heterocycles. The van der Waals surface area contributed by atoms with E-state index in [1.807, 2.05) is 0 Å². The Morgan fingerprint density at radius 2 is 1.93 bits per heavy atom. The molecular formula is C9H13NO5. The average Bonchev–Trinajstić information content (AvgIpc) is 2.23. The fourth-order valence-electron chi connectivity index (χ4n) is 0.936. The lowest BCUT2D eigenvalue weighted by Gasteiger charge is -2.21. The summed E-state index contributed by atoms with van der Waals surface area (Å²) in [6.07, 6.45) is 0. The zero-order valence-electron chi connectivity index (χ0n) is 8.90. The second kappa shape index (κ2) is 5.98.